The van der Waals surface area contributed by atoms with Crippen LogP contribution in [0.4, 0.5) is 4.79 Å². The summed E-state index contributed by atoms with van der Waals surface area (Å²) in [7, 11) is -1.77. The number of hydrogen-bond donors (Lipinski definition) is 3. The van der Waals surface area contributed by atoms with Crippen molar-refractivity contribution in [3.8, 4) is 6.07 Å². The molecule has 0 bridgehead atoms. The zero-order valence-electron chi connectivity index (χ0n) is 23.4. The number of carbonyl (C=O) groups excluding carboxylic acids is 2. The second kappa shape index (κ2) is 13.9. The summed E-state index contributed by atoms with van der Waals surface area (Å²) in [5.74, 6) is -1.34. The van der Waals surface area contributed by atoms with E-state index < -0.39 is 30.8 Å². The second-order valence-corrected chi connectivity index (χ2v) is 11.1. The summed E-state index contributed by atoms with van der Waals surface area (Å²) in [6.07, 6.45) is 2.71. The molecule has 2 fully saturated rings. The Kier molecular flexibility index (Phi) is 11.0. The van der Waals surface area contributed by atoms with E-state index in [1.54, 1.807) is 11.0 Å². The van der Waals surface area contributed by atoms with Gasteiger partial charge in [-0.15, -0.1) is 0 Å². The number of ether oxygens (including phenoxy) is 2. The first kappa shape index (κ1) is 30.6. The van der Waals surface area contributed by atoms with Gasteiger partial charge in [-0.05, 0) is 65.0 Å². The van der Waals surface area contributed by atoms with Gasteiger partial charge in [0, 0.05) is 25.2 Å². The van der Waals surface area contributed by atoms with Crippen molar-refractivity contribution in [2.45, 2.75) is 83.2 Å². The number of nitrogens with one attached hydrogen (secondary N) is 1. The molecule has 2 heterocycles. The predicted octanol–water partition coefficient (Wildman–Crippen LogP) is 2.05. The van der Waals surface area contributed by atoms with E-state index in [4.69, 9.17) is 9.47 Å². The van der Waals surface area contributed by atoms with Crippen LogP contribution in [0.3, 0.4) is 0 Å². The molecule has 212 valence electrons. The molecule has 1 aromatic rings. The van der Waals surface area contributed by atoms with Crippen molar-refractivity contribution in [2.24, 2.45) is 0 Å². The Morgan fingerprint density at radius 3 is 2.49 bits per heavy atom. The van der Waals surface area contributed by atoms with Crippen LogP contribution in [0.15, 0.2) is 42.0 Å². The second-order valence-electron chi connectivity index (χ2n) is 11.1. The van der Waals surface area contributed by atoms with Crippen molar-refractivity contribution in [1.82, 2.24) is 15.1 Å². The topological polar surface area (TPSA) is 135 Å². The minimum Gasteiger partial charge on any atom is -0.444 e. The zero-order valence-corrected chi connectivity index (χ0v) is 23.4. The van der Waals surface area contributed by atoms with Crippen molar-refractivity contribution < 1.29 is 29.1 Å². The molecule has 2 amide bonds. The number of morpholine rings is 1. The molecule has 39 heavy (non-hydrogen) atoms. The van der Waals surface area contributed by atoms with E-state index >= 15 is 0 Å². The lowest BCUT2D eigenvalue weighted by Gasteiger charge is -2.43. The largest absolute Gasteiger partial charge is 0.475 e. The zero-order chi connectivity index (χ0) is 28.6. The third-order valence-corrected chi connectivity index (χ3v) is 7.23. The minimum atomic E-state index is -1.77. The molecule has 0 saturated carbocycles. The third-order valence-electron chi connectivity index (χ3n) is 7.23. The first-order valence-corrected chi connectivity index (χ1v) is 13.7. The molecule has 0 spiro atoms. The minimum absolute atomic E-state index is 0.0524. The highest BCUT2D eigenvalue weighted by Gasteiger charge is 2.34. The molecule has 1 aromatic carbocycles. The van der Waals surface area contributed by atoms with E-state index in [-0.39, 0.29) is 36.7 Å². The van der Waals surface area contributed by atoms with Gasteiger partial charge < -0.3 is 29.7 Å². The number of likely N-dealkylation sites (tertiary alicyclic amines) is 1. The van der Waals surface area contributed by atoms with Crippen molar-refractivity contribution >= 4 is 19.1 Å². The maximum absolute atomic E-state index is 13.4. The number of nitriles is 1. The smallest absolute Gasteiger partial charge is 0.444 e. The van der Waals surface area contributed by atoms with Crippen LogP contribution in [-0.4, -0.2) is 94.9 Å². The summed E-state index contributed by atoms with van der Waals surface area (Å²) in [6.45, 7) is 10.0. The maximum atomic E-state index is 13.4. The monoisotopic (exact) mass is 540 g/mol. The summed E-state index contributed by atoms with van der Waals surface area (Å²) >= 11 is 0. The maximum Gasteiger partial charge on any atom is 0.475 e. The van der Waals surface area contributed by atoms with Gasteiger partial charge in [0.15, 0.2) is 0 Å². The SMILES string of the molecule is C[C@H]1CN(C(C)(C)/C=C(\C#N)C(=O)N2CCCC[C@@H](OC(=O)N[C@@H](Cc3ccccc3)B(O)O)C2)C[C@H](C)O1. The fourth-order valence-electron chi connectivity index (χ4n) is 5.22. The quantitative estimate of drug-likeness (QED) is 0.259. The van der Waals surface area contributed by atoms with Gasteiger partial charge in [0.1, 0.15) is 17.7 Å². The Morgan fingerprint density at radius 1 is 1.21 bits per heavy atom. The average Bonchev–Trinajstić information content (AvgIpc) is 3.12. The first-order chi connectivity index (χ1) is 18.5. The predicted molar refractivity (Wildman–Crippen MR) is 147 cm³/mol. The molecular formula is C28H41BN4O6. The Morgan fingerprint density at radius 2 is 1.87 bits per heavy atom. The number of carbonyl (C=O) groups is 2. The van der Waals surface area contributed by atoms with Crippen molar-refractivity contribution in [2.75, 3.05) is 26.2 Å². The Labute approximate surface area is 231 Å². The molecule has 0 unspecified atom stereocenters. The van der Waals surface area contributed by atoms with Crippen LogP contribution in [0.25, 0.3) is 0 Å². The van der Waals surface area contributed by atoms with Crippen LogP contribution in [0, 0.1) is 11.3 Å². The van der Waals surface area contributed by atoms with E-state index in [9.17, 15) is 24.9 Å². The number of hydrogen-bond acceptors (Lipinski definition) is 8. The highest BCUT2D eigenvalue weighted by molar-refractivity contribution is 6.43. The highest BCUT2D eigenvalue weighted by atomic mass is 16.6. The molecule has 0 aromatic heterocycles. The van der Waals surface area contributed by atoms with Gasteiger partial charge in [0.05, 0.1) is 24.7 Å². The molecule has 3 N–H and O–H groups in total. The van der Waals surface area contributed by atoms with Crippen LogP contribution in [0.5, 0.6) is 0 Å². The van der Waals surface area contributed by atoms with E-state index in [1.807, 2.05) is 58.0 Å². The molecule has 2 saturated heterocycles. The first-order valence-electron chi connectivity index (χ1n) is 13.7. The van der Waals surface area contributed by atoms with Crippen molar-refractivity contribution in [1.29, 1.82) is 5.26 Å². The number of rotatable bonds is 8. The Balaban J connectivity index is 1.64. The average molecular weight is 540 g/mol. The third kappa shape index (κ3) is 9.07. The number of benzene rings is 1. The van der Waals surface area contributed by atoms with Gasteiger partial charge in [-0.1, -0.05) is 30.3 Å². The molecule has 11 heteroatoms. The van der Waals surface area contributed by atoms with E-state index in [0.717, 1.165) is 18.4 Å². The van der Waals surface area contributed by atoms with Gasteiger partial charge in [0.2, 0.25) is 0 Å². The number of alkyl carbamates (subject to hydrolysis) is 1. The number of nitrogens with zero attached hydrogens (tertiary/aromatic N) is 3. The number of amides is 2. The fourth-order valence-corrected chi connectivity index (χ4v) is 5.22. The standard InChI is InChI=1S/C28H41BN4O6/c1-20-17-33(18-21(2)38-20)28(3,4)15-23(16-30)26(34)32-13-9-8-12-24(19-32)39-27(35)31-25(29(36)37)14-22-10-6-5-7-11-22/h5-7,10-11,15,20-21,24-25,36-37H,8-9,12-14,17-19H2,1-4H3,(H,31,35)/b23-15+/t20-,21-,24+,25-/m0/s1. The molecule has 2 aliphatic heterocycles. The normalized spacial score (nSPS) is 23.8. The summed E-state index contributed by atoms with van der Waals surface area (Å²) in [4.78, 5) is 29.9. The lowest BCUT2D eigenvalue weighted by atomic mass is 9.76. The van der Waals surface area contributed by atoms with Gasteiger partial charge >= 0.3 is 13.2 Å². The van der Waals surface area contributed by atoms with Gasteiger partial charge in [-0.2, -0.15) is 5.26 Å². The summed E-state index contributed by atoms with van der Waals surface area (Å²) < 4.78 is 11.4. The van der Waals surface area contributed by atoms with Crippen LogP contribution in [-0.2, 0) is 20.7 Å². The summed E-state index contributed by atoms with van der Waals surface area (Å²) in [5.41, 5.74) is 0.359. The molecule has 0 aliphatic carbocycles. The lowest BCUT2D eigenvalue weighted by Crippen LogP contribution is -2.54. The van der Waals surface area contributed by atoms with Crippen LogP contribution < -0.4 is 5.32 Å². The van der Waals surface area contributed by atoms with Gasteiger partial charge in [-0.25, -0.2) is 4.79 Å². The van der Waals surface area contributed by atoms with E-state index in [2.05, 4.69) is 16.3 Å². The van der Waals surface area contributed by atoms with Crippen LogP contribution in [0.1, 0.15) is 52.5 Å². The molecule has 3 rings (SSSR count). The molecule has 10 nitrogen and oxygen atoms in total. The van der Waals surface area contributed by atoms with Crippen molar-refractivity contribution in [3.63, 3.8) is 0 Å². The lowest BCUT2D eigenvalue weighted by molar-refractivity contribution is -0.128. The molecular weight excluding hydrogens is 499 g/mol. The van der Waals surface area contributed by atoms with E-state index in [0.29, 0.717) is 26.1 Å². The van der Waals surface area contributed by atoms with Gasteiger partial charge in [-0.3, -0.25) is 9.69 Å². The Hall–Kier alpha value is -2.91. The van der Waals surface area contributed by atoms with E-state index in [1.165, 1.54) is 0 Å². The summed E-state index contributed by atoms with van der Waals surface area (Å²) in [5, 5.41) is 32.0. The van der Waals surface area contributed by atoms with Crippen LogP contribution >= 0.6 is 0 Å². The van der Waals surface area contributed by atoms with Gasteiger partial charge in [0.25, 0.3) is 5.91 Å². The van der Waals surface area contributed by atoms with Crippen LogP contribution in [0.2, 0.25) is 0 Å². The summed E-state index contributed by atoms with van der Waals surface area (Å²) in [6, 6.07) is 11.3. The molecule has 0 radical (unpaired) electrons. The molecule has 4 atom stereocenters. The Bertz CT molecular complexity index is 1030. The highest BCUT2D eigenvalue weighted by Crippen LogP contribution is 2.25. The fraction of sp³-hybridized carbons (Fsp3) is 0.607. The molecule has 2 aliphatic rings. The van der Waals surface area contributed by atoms with Crippen molar-refractivity contribution in [3.05, 3.63) is 47.5 Å².